The fraction of sp³-hybridized carbons (Fsp3) is 0.591. The molecule has 1 spiro atoms. The van der Waals surface area contributed by atoms with E-state index in [1.165, 1.54) is 0 Å². The molecule has 3 heterocycles. The van der Waals surface area contributed by atoms with Crippen LogP contribution < -0.4 is 4.90 Å². The Hall–Kier alpha value is -2.41. The van der Waals surface area contributed by atoms with Crippen LogP contribution in [-0.2, 0) is 20.7 Å². The van der Waals surface area contributed by atoms with E-state index in [-0.39, 0.29) is 36.2 Å². The van der Waals surface area contributed by atoms with Gasteiger partial charge in [-0.3, -0.25) is 14.5 Å². The normalized spacial score (nSPS) is 28.8. The van der Waals surface area contributed by atoms with Gasteiger partial charge in [0.1, 0.15) is 6.54 Å². The average molecular weight is 397 g/mol. The molecule has 3 aliphatic heterocycles. The minimum atomic E-state index is -0.319. The molecule has 1 aliphatic carbocycles. The zero-order valence-corrected chi connectivity index (χ0v) is 16.6. The van der Waals surface area contributed by atoms with Gasteiger partial charge in [-0.2, -0.15) is 0 Å². The zero-order valence-electron chi connectivity index (χ0n) is 16.6. The fourth-order valence-corrected chi connectivity index (χ4v) is 5.14. The van der Waals surface area contributed by atoms with Crippen molar-refractivity contribution in [1.29, 1.82) is 0 Å². The summed E-state index contributed by atoms with van der Waals surface area (Å²) in [4.78, 5) is 43.1. The van der Waals surface area contributed by atoms with Crippen molar-refractivity contribution in [2.75, 3.05) is 44.3 Å². The molecule has 7 nitrogen and oxygen atoms in total. The molecule has 2 unspecified atom stereocenters. The third kappa shape index (κ3) is 3.31. The van der Waals surface area contributed by atoms with Gasteiger partial charge in [-0.1, -0.05) is 18.2 Å². The molecule has 4 amide bonds. The number of imide groups is 1. The number of aryl methyl sites for hydroxylation is 1. The van der Waals surface area contributed by atoms with Gasteiger partial charge in [-0.15, -0.1) is 0 Å². The molecule has 3 fully saturated rings. The van der Waals surface area contributed by atoms with E-state index in [1.807, 2.05) is 24.3 Å². The largest absolute Gasteiger partial charge is 0.381 e. The highest BCUT2D eigenvalue weighted by Gasteiger charge is 2.57. The number of benzene rings is 1. The molecular formula is C22H27N3O4. The molecule has 154 valence electrons. The Morgan fingerprint density at radius 3 is 2.86 bits per heavy atom. The molecule has 1 saturated carbocycles. The van der Waals surface area contributed by atoms with Gasteiger partial charge in [-0.25, -0.2) is 4.79 Å². The number of amides is 4. The van der Waals surface area contributed by atoms with Crippen molar-refractivity contribution in [3.63, 3.8) is 0 Å². The average Bonchev–Trinajstić information content (AvgIpc) is 3.17. The molecule has 0 aromatic heterocycles. The monoisotopic (exact) mass is 397 g/mol. The van der Waals surface area contributed by atoms with Crippen LogP contribution in [0, 0.1) is 11.3 Å². The molecule has 5 rings (SSSR count). The number of nitrogens with zero attached hydrogens (tertiary/aromatic N) is 3. The third-order valence-electron chi connectivity index (χ3n) is 7.04. The Morgan fingerprint density at radius 2 is 2.03 bits per heavy atom. The van der Waals surface area contributed by atoms with Crippen molar-refractivity contribution in [2.24, 2.45) is 11.3 Å². The number of carbonyl (C=O) groups excluding carboxylic acids is 3. The molecular weight excluding hydrogens is 370 g/mol. The van der Waals surface area contributed by atoms with E-state index >= 15 is 0 Å². The molecule has 4 aliphatic rings. The van der Waals surface area contributed by atoms with Crippen LogP contribution in [0.5, 0.6) is 0 Å². The molecule has 0 radical (unpaired) electrons. The summed E-state index contributed by atoms with van der Waals surface area (Å²) >= 11 is 0. The first-order chi connectivity index (χ1) is 14.1. The van der Waals surface area contributed by atoms with Crippen LogP contribution >= 0.6 is 0 Å². The molecule has 29 heavy (non-hydrogen) atoms. The maximum atomic E-state index is 13.0. The summed E-state index contributed by atoms with van der Waals surface area (Å²) in [6.45, 7) is 3.15. The van der Waals surface area contributed by atoms with Gasteiger partial charge in [0.25, 0.3) is 0 Å². The van der Waals surface area contributed by atoms with Crippen molar-refractivity contribution in [1.82, 2.24) is 9.80 Å². The maximum Gasteiger partial charge on any atom is 0.327 e. The van der Waals surface area contributed by atoms with E-state index in [9.17, 15) is 14.4 Å². The molecule has 2 saturated heterocycles. The fourth-order valence-electron chi connectivity index (χ4n) is 5.14. The predicted molar refractivity (Wildman–Crippen MR) is 106 cm³/mol. The highest BCUT2D eigenvalue weighted by molar-refractivity contribution is 6.04. The van der Waals surface area contributed by atoms with Crippen LogP contribution in [0.4, 0.5) is 10.5 Å². The number of fused-ring (bicyclic) bond motifs is 1. The minimum Gasteiger partial charge on any atom is -0.381 e. The molecule has 1 aromatic rings. The van der Waals surface area contributed by atoms with E-state index in [2.05, 4.69) is 0 Å². The Morgan fingerprint density at radius 1 is 1.17 bits per heavy atom. The third-order valence-corrected chi connectivity index (χ3v) is 7.04. The number of hydrogen-bond acceptors (Lipinski definition) is 4. The lowest BCUT2D eigenvalue weighted by Crippen LogP contribution is -2.56. The summed E-state index contributed by atoms with van der Waals surface area (Å²) in [5, 5.41) is 0. The number of anilines is 1. The van der Waals surface area contributed by atoms with E-state index in [0.717, 1.165) is 55.0 Å². The van der Waals surface area contributed by atoms with Gasteiger partial charge in [0.15, 0.2) is 0 Å². The molecule has 1 aromatic carbocycles. The summed E-state index contributed by atoms with van der Waals surface area (Å²) in [7, 11) is 0. The Kier molecular flexibility index (Phi) is 4.57. The van der Waals surface area contributed by atoms with Crippen molar-refractivity contribution in [2.45, 2.75) is 32.1 Å². The van der Waals surface area contributed by atoms with Gasteiger partial charge >= 0.3 is 6.03 Å². The lowest BCUT2D eigenvalue weighted by atomic mass is 10.0. The second kappa shape index (κ2) is 7.13. The maximum absolute atomic E-state index is 13.0. The number of para-hydroxylation sites is 1. The van der Waals surface area contributed by atoms with Gasteiger partial charge < -0.3 is 14.5 Å². The van der Waals surface area contributed by atoms with Crippen LogP contribution in [0.15, 0.2) is 24.3 Å². The van der Waals surface area contributed by atoms with Crippen molar-refractivity contribution in [3.05, 3.63) is 29.8 Å². The highest BCUT2D eigenvalue weighted by atomic mass is 16.5. The first-order valence-corrected chi connectivity index (χ1v) is 10.6. The van der Waals surface area contributed by atoms with Gasteiger partial charge in [-0.05, 0) is 43.2 Å². The number of carbonyl (C=O) groups is 3. The van der Waals surface area contributed by atoms with E-state index in [1.54, 1.807) is 9.80 Å². The summed E-state index contributed by atoms with van der Waals surface area (Å²) in [6.07, 6.45) is 4.28. The van der Waals surface area contributed by atoms with E-state index in [0.29, 0.717) is 25.6 Å². The molecule has 7 heteroatoms. The van der Waals surface area contributed by atoms with Crippen molar-refractivity contribution >= 4 is 23.5 Å². The smallest absolute Gasteiger partial charge is 0.327 e. The van der Waals surface area contributed by atoms with Crippen LogP contribution in [0.2, 0.25) is 0 Å². The Labute approximate surface area is 170 Å². The van der Waals surface area contributed by atoms with Crippen molar-refractivity contribution < 1.29 is 19.1 Å². The summed E-state index contributed by atoms with van der Waals surface area (Å²) in [5.41, 5.74) is 2.29. The summed E-state index contributed by atoms with van der Waals surface area (Å²) in [6, 6.07) is 7.55. The van der Waals surface area contributed by atoms with Gasteiger partial charge in [0.2, 0.25) is 11.8 Å². The molecule has 2 atom stereocenters. The topological polar surface area (TPSA) is 70.2 Å². The second-order valence-corrected chi connectivity index (χ2v) is 8.80. The first-order valence-electron chi connectivity index (χ1n) is 10.6. The molecule has 0 N–H and O–H groups in total. The quantitative estimate of drug-likeness (QED) is 0.780. The number of ether oxygens (including phenoxy) is 1. The van der Waals surface area contributed by atoms with E-state index < -0.39 is 0 Å². The zero-order chi connectivity index (χ0) is 20.0. The van der Waals surface area contributed by atoms with Gasteiger partial charge in [0.05, 0.1) is 6.61 Å². The van der Waals surface area contributed by atoms with Crippen molar-refractivity contribution in [3.8, 4) is 0 Å². The lowest BCUT2D eigenvalue weighted by molar-refractivity contribution is -0.134. The first kappa shape index (κ1) is 18.6. The Bertz CT molecular complexity index is 848. The minimum absolute atomic E-state index is 0.179. The molecule has 0 bridgehead atoms. The Balaban J connectivity index is 1.26. The lowest BCUT2D eigenvalue weighted by Gasteiger charge is -2.36. The highest BCUT2D eigenvalue weighted by Crippen LogP contribution is 2.58. The van der Waals surface area contributed by atoms with Crippen LogP contribution in [-0.4, -0.2) is 67.0 Å². The van der Waals surface area contributed by atoms with Crippen LogP contribution in [0.3, 0.4) is 0 Å². The summed E-state index contributed by atoms with van der Waals surface area (Å²) in [5.74, 6) is 0.0149. The SMILES string of the molecule is O=C1CCN(CC2CC23CCOC3)C(=O)N1CC(=O)N1CCCc2ccccc21. The number of rotatable bonds is 4. The second-order valence-electron chi connectivity index (χ2n) is 8.80. The summed E-state index contributed by atoms with van der Waals surface area (Å²) < 4.78 is 5.54. The number of urea groups is 1. The van der Waals surface area contributed by atoms with Crippen LogP contribution in [0.1, 0.15) is 31.2 Å². The van der Waals surface area contributed by atoms with Crippen LogP contribution in [0.25, 0.3) is 0 Å². The standard InChI is InChI=1S/C22H27N3O4/c26-19-7-10-23(13-17-12-22(17)8-11-29-15-22)21(28)25(19)14-20(27)24-9-3-5-16-4-1-2-6-18(16)24/h1-2,4,6,17H,3,5,7-15H2. The predicted octanol–water partition coefficient (Wildman–Crippen LogP) is 2.05. The number of hydrogen-bond donors (Lipinski definition) is 0. The van der Waals surface area contributed by atoms with Gasteiger partial charge in [0, 0.05) is 43.8 Å². The van der Waals surface area contributed by atoms with E-state index in [4.69, 9.17) is 4.74 Å².